The summed E-state index contributed by atoms with van der Waals surface area (Å²) in [6, 6.07) is 20.9. The van der Waals surface area contributed by atoms with Crippen LogP contribution < -0.4 is 4.90 Å². The molecule has 1 saturated carbocycles. The van der Waals surface area contributed by atoms with Crippen LogP contribution in [0.5, 0.6) is 5.75 Å². The van der Waals surface area contributed by atoms with Gasteiger partial charge in [-0.15, -0.1) is 11.3 Å². The van der Waals surface area contributed by atoms with Crippen molar-refractivity contribution in [2.45, 2.75) is 53.0 Å². The van der Waals surface area contributed by atoms with Gasteiger partial charge < -0.3 is 5.11 Å². The summed E-state index contributed by atoms with van der Waals surface area (Å²) in [5.41, 5.74) is 4.35. The highest BCUT2D eigenvalue weighted by Crippen LogP contribution is 2.64. The summed E-state index contributed by atoms with van der Waals surface area (Å²) >= 11 is 7.91. The molecule has 0 radical (unpaired) electrons. The number of hydrogen-bond acceptors (Lipinski definition) is 7. The number of nitrogens with zero attached hydrogens (tertiary/aromatic N) is 4. The molecule has 9 rings (SSSR count). The molecule has 5 aromatic rings. The minimum absolute atomic E-state index is 0.176. The molecule has 6 atom stereocenters. The Morgan fingerprint density at radius 3 is 2.37 bits per heavy atom. The largest absolute Gasteiger partial charge is 0.507 e. The molecular formula is C43H39ClN4O5S. The first-order valence-electron chi connectivity index (χ1n) is 18.3. The van der Waals surface area contributed by atoms with Gasteiger partial charge in [0.15, 0.2) is 0 Å². The highest BCUT2D eigenvalue weighted by molar-refractivity contribution is 7.22. The lowest BCUT2D eigenvalue weighted by molar-refractivity contribution is -0.141. The SMILES string of the molecule is Cc1cc([C@H]2C3=CC[C@@H]4C(=O)N(Cc5ccccc5)C(=O)[C@@H]4[C@@H]3C[C@H]3C(=O)N(c4cc(-c5sc6ccc(Cl)cc6c5C)nn4C)C(=O)[C@@]23C)cc(C)c1O. The Morgan fingerprint density at radius 2 is 1.65 bits per heavy atom. The van der Waals surface area contributed by atoms with Crippen LogP contribution in [0.15, 0.2) is 78.4 Å². The van der Waals surface area contributed by atoms with Gasteiger partial charge in [-0.05, 0) is 97.9 Å². The second kappa shape index (κ2) is 12.2. The smallest absolute Gasteiger partial charge is 0.242 e. The van der Waals surface area contributed by atoms with E-state index < -0.39 is 35.0 Å². The highest BCUT2D eigenvalue weighted by atomic mass is 35.5. The quantitative estimate of drug-likeness (QED) is 0.144. The first kappa shape index (κ1) is 34.7. The van der Waals surface area contributed by atoms with Gasteiger partial charge in [0, 0.05) is 28.8 Å². The number of likely N-dealkylation sites (tertiary alicyclic amines) is 1. The van der Waals surface area contributed by atoms with Gasteiger partial charge >= 0.3 is 0 Å². The number of imide groups is 2. The van der Waals surface area contributed by atoms with E-state index >= 15 is 4.79 Å². The summed E-state index contributed by atoms with van der Waals surface area (Å²) in [6.45, 7) is 7.74. The molecule has 9 nitrogen and oxygen atoms in total. The molecule has 4 amide bonds. The lowest BCUT2D eigenvalue weighted by atomic mass is 9.51. The van der Waals surface area contributed by atoms with E-state index in [9.17, 15) is 19.5 Å². The number of rotatable bonds is 5. The maximum absolute atomic E-state index is 15.2. The first-order chi connectivity index (χ1) is 25.8. The molecule has 4 aliphatic rings. The van der Waals surface area contributed by atoms with Crippen molar-refractivity contribution >= 4 is 62.5 Å². The first-order valence-corrected chi connectivity index (χ1v) is 19.5. The molecule has 0 bridgehead atoms. The summed E-state index contributed by atoms with van der Waals surface area (Å²) in [5, 5.41) is 17.3. The molecule has 2 aromatic heterocycles. The summed E-state index contributed by atoms with van der Waals surface area (Å²) < 4.78 is 2.65. The average molecular weight is 759 g/mol. The van der Waals surface area contributed by atoms with Crippen molar-refractivity contribution in [2.75, 3.05) is 4.90 Å². The second-order valence-electron chi connectivity index (χ2n) is 15.6. The average Bonchev–Trinajstić information content (AvgIpc) is 3.81. The van der Waals surface area contributed by atoms with Gasteiger partial charge in [-0.3, -0.25) is 28.8 Å². The minimum atomic E-state index is -1.22. The number of benzene rings is 3. The van der Waals surface area contributed by atoms with Crippen molar-refractivity contribution in [2.24, 2.45) is 36.1 Å². The zero-order chi connectivity index (χ0) is 38.0. The van der Waals surface area contributed by atoms with Gasteiger partial charge in [-0.2, -0.15) is 5.10 Å². The zero-order valence-electron chi connectivity index (χ0n) is 30.6. The second-order valence-corrected chi connectivity index (χ2v) is 17.1. The van der Waals surface area contributed by atoms with Crippen LogP contribution in [0.25, 0.3) is 20.7 Å². The number of allylic oxidation sites excluding steroid dienone is 2. The number of thiophene rings is 1. The van der Waals surface area contributed by atoms with Gasteiger partial charge in [0.1, 0.15) is 17.3 Å². The molecule has 54 heavy (non-hydrogen) atoms. The van der Waals surface area contributed by atoms with E-state index in [1.807, 2.05) is 94.4 Å². The number of phenols is 1. The van der Waals surface area contributed by atoms with Crippen LogP contribution in [0.2, 0.25) is 5.02 Å². The highest BCUT2D eigenvalue weighted by Gasteiger charge is 2.68. The third kappa shape index (κ3) is 4.85. The Bertz CT molecular complexity index is 2480. The summed E-state index contributed by atoms with van der Waals surface area (Å²) in [7, 11) is 1.74. The van der Waals surface area contributed by atoms with Crippen LogP contribution in [0.4, 0.5) is 5.82 Å². The van der Waals surface area contributed by atoms with Crippen LogP contribution >= 0.6 is 22.9 Å². The Morgan fingerprint density at radius 1 is 0.926 bits per heavy atom. The van der Waals surface area contributed by atoms with Crippen molar-refractivity contribution < 1.29 is 24.3 Å². The molecule has 0 spiro atoms. The minimum Gasteiger partial charge on any atom is -0.507 e. The predicted octanol–water partition coefficient (Wildman–Crippen LogP) is 8.02. The van der Waals surface area contributed by atoms with E-state index in [1.165, 1.54) is 9.80 Å². The number of hydrogen-bond donors (Lipinski definition) is 1. The Hall–Kier alpha value is -5.06. The molecule has 3 fully saturated rings. The maximum Gasteiger partial charge on any atom is 0.242 e. The molecule has 11 heteroatoms. The number of aryl methyl sites for hydroxylation is 4. The van der Waals surface area contributed by atoms with Gasteiger partial charge in [0.2, 0.25) is 23.6 Å². The number of aromatic nitrogens is 2. The van der Waals surface area contributed by atoms with Crippen LogP contribution in [0.1, 0.15) is 53.5 Å². The summed E-state index contributed by atoms with van der Waals surface area (Å²) in [5.74, 6) is -3.49. The van der Waals surface area contributed by atoms with E-state index in [0.29, 0.717) is 34.1 Å². The maximum atomic E-state index is 15.2. The molecule has 2 aliphatic heterocycles. The van der Waals surface area contributed by atoms with Gasteiger partial charge in [-0.25, -0.2) is 4.90 Å². The van der Waals surface area contributed by atoms with E-state index in [1.54, 1.807) is 23.1 Å². The number of anilines is 1. The third-order valence-electron chi connectivity index (χ3n) is 12.6. The van der Waals surface area contributed by atoms with Crippen LogP contribution in [-0.4, -0.2) is 43.4 Å². The number of amides is 4. The number of fused-ring (bicyclic) bond motifs is 5. The molecule has 274 valence electrons. The Kier molecular flexibility index (Phi) is 7.86. The molecule has 1 N–H and O–H groups in total. The van der Waals surface area contributed by atoms with Crippen molar-refractivity contribution in [3.8, 4) is 16.3 Å². The zero-order valence-corrected chi connectivity index (χ0v) is 32.2. The number of halogens is 1. The van der Waals surface area contributed by atoms with Crippen molar-refractivity contribution in [3.63, 3.8) is 0 Å². The fourth-order valence-electron chi connectivity index (χ4n) is 9.97. The summed E-state index contributed by atoms with van der Waals surface area (Å²) in [6.07, 6.45) is 2.69. The molecule has 4 heterocycles. The normalized spacial score (nSPS) is 26.4. The Labute approximate surface area is 321 Å². The lowest BCUT2D eigenvalue weighted by Crippen LogP contribution is -2.49. The van der Waals surface area contributed by atoms with Gasteiger partial charge in [-0.1, -0.05) is 65.7 Å². The van der Waals surface area contributed by atoms with Crippen LogP contribution in [0.3, 0.4) is 0 Å². The van der Waals surface area contributed by atoms with E-state index in [-0.39, 0.29) is 42.3 Å². The fraction of sp³-hybridized carbons (Fsp3) is 0.326. The molecule has 3 aromatic carbocycles. The third-order valence-corrected chi connectivity index (χ3v) is 14.1. The molecular weight excluding hydrogens is 720 g/mol. The van der Waals surface area contributed by atoms with Crippen LogP contribution in [0, 0.1) is 49.9 Å². The number of carbonyl (C=O) groups is 4. The van der Waals surface area contributed by atoms with Crippen molar-refractivity contribution in [1.82, 2.24) is 14.7 Å². The van der Waals surface area contributed by atoms with E-state index in [0.717, 1.165) is 37.2 Å². The van der Waals surface area contributed by atoms with Crippen molar-refractivity contribution in [1.29, 1.82) is 0 Å². The summed E-state index contributed by atoms with van der Waals surface area (Å²) in [4.78, 5) is 62.0. The van der Waals surface area contributed by atoms with Gasteiger partial charge in [0.05, 0.1) is 34.6 Å². The lowest BCUT2D eigenvalue weighted by Gasteiger charge is -2.49. The van der Waals surface area contributed by atoms with Gasteiger partial charge in [0.25, 0.3) is 0 Å². The molecule has 0 unspecified atom stereocenters. The number of aromatic hydroxyl groups is 1. The monoisotopic (exact) mass is 758 g/mol. The van der Waals surface area contributed by atoms with Crippen LogP contribution in [-0.2, 0) is 32.8 Å². The van der Waals surface area contributed by atoms with E-state index in [2.05, 4.69) is 6.08 Å². The Balaban J connectivity index is 1.15. The predicted molar refractivity (Wildman–Crippen MR) is 208 cm³/mol. The van der Waals surface area contributed by atoms with E-state index in [4.69, 9.17) is 16.7 Å². The van der Waals surface area contributed by atoms with Crippen molar-refractivity contribution in [3.05, 3.63) is 111 Å². The standard InChI is InChI=1S/C43H39ClN4O5S/c1-21-15-25(16-22(2)37(21)49)36-27-12-13-28-35(41(52)47(39(28)50)20-24-9-7-6-8-10-24)30(27)18-31-40(51)48(42(53)43(31,36)4)34-19-32(45-46(34)5)38-23(3)29-17-26(44)11-14-33(29)54-38/h6-12,14-17,19,28,30-31,35-36,49H,13,18,20H2,1-5H3/t28-,30+,31-,35-,36-,43+/m0/s1. The topological polar surface area (TPSA) is 113 Å². The molecule has 2 aliphatic carbocycles. The fourth-order valence-corrected chi connectivity index (χ4v) is 11.3. The number of phenolic OH excluding ortho intramolecular Hbond substituents is 1. The number of carbonyl (C=O) groups excluding carboxylic acids is 4. The molecule has 2 saturated heterocycles.